The molecule has 5 rings (SSSR count). The predicted octanol–water partition coefficient (Wildman–Crippen LogP) is 4.70. The van der Waals surface area contributed by atoms with Gasteiger partial charge in [-0.2, -0.15) is 0 Å². The summed E-state index contributed by atoms with van der Waals surface area (Å²) in [6.45, 7) is 1.81. The number of fused-ring (bicyclic) bond motifs is 1. The average molecular weight is 443 g/mol. The van der Waals surface area contributed by atoms with Gasteiger partial charge in [-0.3, -0.25) is 9.18 Å². The van der Waals surface area contributed by atoms with Crippen molar-refractivity contribution in [3.8, 4) is 22.9 Å². The van der Waals surface area contributed by atoms with Crippen molar-refractivity contribution >= 4 is 28.3 Å². The van der Waals surface area contributed by atoms with Gasteiger partial charge in [0.05, 0.1) is 22.9 Å². The van der Waals surface area contributed by atoms with Gasteiger partial charge < -0.3 is 15.4 Å². The SMILES string of the molecule is Cc1ccc2c(N3CC[C@@H](CF)C3=O)cccc2c1Oc1ncccc1-c1ccnc(N)n1. The van der Waals surface area contributed by atoms with Crippen LogP contribution in [-0.4, -0.2) is 34.1 Å². The minimum atomic E-state index is -0.635. The molecule has 1 amide bonds. The van der Waals surface area contributed by atoms with E-state index in [1.54, 1.807) is 29.4 Å². The number of anilines is 2. The van der Waals surface area contributed by atoms with Crippen LogP contribution in [0.4, 0.5) is 16.0 Å². The number of rotatable bonds is 5. The van der Waals surface area contributed by atoms with Crippen molar-refractivity contribution in [2.45, 2.75) is 13.3 Å². The molecule has 8 heteroatoms. The van der Waals surface area contributed by atoms with E-state index in [2.05, 4.69) is 15.0 Å². The van der Waals surface area contributed by atoms with Crippen molar-refractivity contribution in [1.82, 2.24) is 15.0 Å². The summed E-state index contributed by atoms with van der Waals surface area (Å²) in [6.07, 6.45) is 3.75. The zero-order valence-corrected chi connectivity index (χ0v) is 18.0. The maximum Gasteiger partial charge on any atom is 0.232 e. The second-order valence-corrected chi connectivity index (χ2v) is 7.97. The van der Waals surface area contributed by atoms with Crippen LogP contribution in [0.2, 0.25) is 0 Å². The highest BCUT2D eigenvalue weighted by molar-refractivity contribution is 6.07. The maximum atomic E-state index is 13.2. The number of nitrogen functional groups attached to an aromatic ring is 1. The molecule has 166 valence electrons. The van der Waals surface area contributed by atoms with Crippen LogP contribution < -0.4 is 15.4 Å². The molecule has 7 nitrogen and oxygen atoms in total. The molecule has 0 aliphatic carbocycles. The van der Waals surface area contributed by atoms with Crippen LogP contribution in [0.5, 0.6) is 11.6 Å². The molecule has 0 radical (unpaired) electrons. The fourth-order valence-corrected chi connectivity index (χ4v) is 4.20. The summed E-state index contributed by atoms with van der Waals surface area (Å²) in [4.78, 5) is 27.0. The van der Waals surface area contributed by atoms with Gasteiger partial charge in [0.1, 0.15) is 12.4 Å². The molecular formula is C25H22FN5O2. The van der Waals surface area contributed by atoms with Gasteiger partial charge in [0.25, 0.3) is 0 Å². The van der Waals surface area contributed by atoms with E-state index >= 15 is 0 Å². The molecule has 2 N–H and O–H groups in total. The monoisotopic (exact) mass is 443 g/mol. The Morgan fingerprint density at radius 2 is 1.97 bits per heavy atom. The predicted molar refractivity (Wildman–Crippen MR) is 125 cm³/mol. The number of ether oxygens (including phenoxy) is 1. The molecule has 1 aliphatic rings. The number of pyridine rings is 1. The minimum Gasteiger partial charge on any atom is -0.437 e. The molecule has 0 saturated carbocycles. The Labute approximate surface area is 190 Å². The largest absolute Gasteiger partial charge is 0.437 e. The van der Waals surface area contributed by atoms with Crippen LogP contribution in [0.15, 0.2) is 60.9 Å². The molecule has 33 heavy (non-hydrogen) atoms. The fourth-order valence-electron chi connectivity index (χ4n) is 4.20. The van der Waals surface area contributed by atoms with Crippen LogP contribution in [-0.2, 0) is 4.79 Å². The Hall–Kier alpha value is -4.07. The summed E-state index contributed by atoms with van der Waals surface area (Å²) >= 11 is 0. The first-order valence-corrected chi connectivity index (χ1v) is 10.7. The van der Waals surface area contributed by atoms with Gasteiger partial charge in [-0.25, -0.2) is 15.0 Å². The lowest BCUT2D eigenvalue weighted by Gasteiger charge is -2.20. The van der Waals surface area contributed by atoms with E-state index in [1.165, 1.54) is 0 Å². The van der Waals surface area contributed by atoms with Gasteiger partial charge in [0.2, 0.25) is 17.7 Å². The quantitative estimate of drug-likeness (QED) is 0.481. The van der Waals surface area contributed by atoms with Crippen LogP contribution >= 0.6 is 0 Å². The lowest BCUT2D eigenvalue weighted by atomic mass is 10.0. The Morgan fingerprint density at radius 1 is 1.09 bits per heavy atom. The van der Waals surface area contributed by atoms with Gasteiger partial charge in [-0.1, -0.05) is 24.3 Å². The fraction of sp³-hybridized carbons (Fsp3) is 0.200. The lowest BCUT2D eigenvalue weighted by molar-refractivity contribution is -0.120. The van der Waals surface area contributed by atoms with Crippen molar-refractivity contribution in [2.75, 3.05) is 23.9 Å². The van der Waals surface area contributed by atoms with Gasteiger partial charge in [-0.05, 0) is 43.2 Å². The summed E-state index contributed by atoms with van der Waals surface area (Å²) in [5.41, 5.74) is 8.71. The third-order valence-corrected chi connectivity index (χ3v) is 5.90. The number of halogens is 1. The molecule has 2 aromatic heterocycles. The Kier molecular flexibility index (Phi) is 5.34. The van der Waals surface area contributed by atoms with Crippen LogP contribution in [0, 0.1) is 12.8 Å². The summed E-state index contributed by atoms with van der Waals surface area (Å²) in [7, 11) is 0. The first-order valence-electron chi connectivity index (χ1n) is 10.7. The molecule has 0 spiro atoms. The smallest absolute Gasteiger partial charge is 0.232 e. The second-order valence-electron chi connectivity index (χ2n) is 7.97. The van der Waals surface area contributed by atoms with Gasteiger partial charge in [-0.15, -0.1) is 0 Å². The van der Waals surface area contributed by atoms with Crippen LogP contribution in [0.25, 0.3) is 22.0 Å². The molecule has 1 atom stereocenters. The average Bonchev–Trinajstić information content (AvgIpc) is 3.21. The normalized spacial score (nSPS) is 15.9. The Bertz CT molecular complexity index is 1360. The van der Waals surface area contributed by atoms with Gasteiger partial charge in [0.15, 0.2) is 0 Å². The zero-order chi connectivity index (χ0) is 22.9. The number of nitrogens with two attached hydrogens (primary N) is 1. The number of hydrogen-bond acceptors (Lipinski definition) is 6. The van der Waals surface area contributed by atoms with Crippen LogP contribution in [0.3, 0.4) is 0 Å². The van der Waals surface area contributed by atoms with Gasteiger partial charge >= 0.3 is 0 Å². The third-order valence-electron chi connectivity index (χ3n) is 5.90. The van der Waals surface area contributed by atoms with E-state index < -0.39 is 12.6 Å². The van der Waals surface area contributed by atoms with Crippen molar-refractivity contribution in [2.24, 2.45) is 5.92 Å². The summed E-state index contributed by atoms with van der Waals surface area (Å²) in [5.74, 6) is 0.422. The molecule has 3 heterocycles. The Morgan fingerprint density at radius 3 is 2.76 bits per heavy atom. The third kappa shape index (κ3) is 3.73. The summed E-state index contributed by atoms with van der Waals surface area (Å²) < 4.78 is 19.6. The van der Waals surface area contributed by atoms with Crippen molar-refractivity contribution in [3.05, 3.63) is 66.5 Å². The summed E-state index contributed by atoms with van der Waals surface area (Å²) in [6, 6.07) is 15.0. The highest BCUT2D eigenvalue weighted by Crippen LogP contribution is 2.40. The number of alkyl halides is 1. The summed E-state index contributed by atoms with van der Waals surface area (Å²) in [5, 5.41) is 1.69. The number of aromatic nitrogens is 3. The number of nitrogens with zero attached hydrogens (tertiary/aromatic N) is 4. The zero-order valence-electron chi connectivity index (χ0n) is 18.0. The molecule has 4 aromatic rings. The molecule has 1 aliphatic heterocycles. The number of hydrogen-bond donors (Lipinski definition) is 1. The highest BCUT2D eigenvalue weighted by Gasteiger charge is 2.33. The van der Waals surface area contributed by atoms with E-state index in [4.69, 9.17) is 10.5 Å². The number of aryl methyl sites for hydroxylation is 1. The highest BCUT2D eigenvalue weighted by atomic mass is 19.1. The first kappa shape index (κ1) is 20.8. The van der Waals surface area contributed by atoms with E-state index in [-0.39, 0.29) is 11.9 Å². The van der Waals surface area contributed by atoms with E-state index in [1.807, 2.05) is 43.3 Å². The van der Waals surface area contributed by atoms with E-state index in [0.29, 0.717) is 35.9 Å². The van der Waals surface area contributed by atoms with Gasteiger partial charge in [0, 0.05) is 29.7 Å². The van der Waals surface area contributed by atoms with E-state index in [0.717, 1.165) is 22.0 Å². The maximum absolute atomic E-state index is 13.2. The number of carbonyl (C=O) groups is 1. The molecule has 1 saturated heterocycles. The van der Waals surface area contributed by atoms with E-state index in [9.17, 15) is 9.18 Å². The second kappa shape index (κ2) is 8.46. The molecule has 2 aromatic carbocycles. The topological polar surface area (TPSA) is 94.2 Å². The first-order chi connectivity index (χ1) is 16.1. The lowest BCUT2D eigenvalue weighted by Crippen LogP contribution is -2.27. The van der Waals surface area contributed by atoms with Crippen molar-refractivity contribution < 1.29 is 13.9 Å². The molecular weight excluding hydrogens is 421 g/mol. The standard InChI is InChI=1S/C25H22FN5O2/c1-15-7-8-17-18(4-2-6-21(17)31-13-10-16(14-26)24(31)32)22(15)33-23-19(5-3-11-28-23)20-9-12-29-25(27)30-20/h2-9,11-12,16H,10,13-14H2,1H3,(H2,27,29,30)/t16-/m0/s1. The number of amides is 1. The molecule has 0 bridgehead atoms. The van der Waals surface area contributed by atoms with Crippen molar-refractivity contribution in [3.63, 3.8) is 0 Å². The number of carbonyl (C=O) groups excluding carboxylic acids is 1. The minimum absolute atomic E-state index is 0.162. The number of benzene rings is 2. The molecule has 0 unspecified atom stereocenters. The molecule has 1 fully saturated rings. The Balaban J connectivity index is 1.60. The van der Waals surface area contributed by atoms with Crippen LogP contribution in [0.1, 0.15) is 12.0 Å². The van der Waals surface area contributed by atoms with Crippen molar-refractivity contribution in [1.29, 1.82) is 0 Å².